The highest BCUT2D eigenvalue weighted by atomic mass is 14.3. The van der Waals surface area contributed by atoms with Crippen LogP contribution in [0.3, 0.4) is 0 Å². The first kappa shape index (κ1) is 14.3. The smallest absolute Gasteiger partial charge is 0.00779 e. The van der Waals surface area contributed by atoms with E-state index >= 15 is 0 Å². The van der Waals surface area contributed by atoms with Gasteiger partial charge in [-0.3, -0.25) is 0 Å². The Hall–Kier alpha value is -0.780. The van der Waals surface area contributed by atoms with E-state index in [1.165, 1.54) is 37.7 Å². The van der Waals surface area contributed by atoms with Gasteiger partial charge in [-0.2, -0.15) is 0 Å². The minimum atomic E-state index is 0.299. The SMILES string of the molecule is CCCCCCC(C)C(C)(C)c1ccccc1. The van der Waals surface area contributed by atoms with Crippen LogP contribution in [0.25, 0.3) is 0 Å². The average molecular weight is 232 g/mol. The molecule has 96 valence electrons. The van der Waals surface area contributed by atoms with Gasteiger partial charge in [0.25, 0.3) is 0 Å². The number of benzene rings is 1. The van der Waals surface area contributed by atoms with Gasteiger partial charge in [0.05, 0.1) is 0 Å². The molecule has 17 heavy (non-hydrogen) atoms. The molecule has 0 aliphatic rings. The van der Waals surface area contributed by atoms with E-state index < -0.39 is 0 Å². The number of rotatable bonds is 7. The molecule has 0 saturated heterocycles. The third kappa shape index (κ3) is 4.18. The summed E-state index contributed by atoms with van der Waals surface area (Å²) in [5.74, 6) is 0.752. The zero-order valence-electron chi connectivity index (χ0n) is 12.0. The normalized spacial score (nSPS) is 13.6. The topological polar surface area (TPSA) is 0 Å². The van der Waals surface area contributed by atoms with E-state index in [1.54, 1.807) is 0 Å². The third-order valence-corrected chi connectivity index (χ3v) is 4.24. The Bertz CT molecular complexity index is 297. The van der Waals surface area contributed by atoms with Crippen molar-refractivity contribution >= 4 is 0 Å². The van der Waals surface area contributed by atoms with Crippen molar-refractivity contribution in [2.45, 2.75) is 65.2 Å². The molecule has 0 saturated carbocycles. The minimum absolute atomic E-state index is 0.299. The van der Waals surface area contributed by atoms with Crippen LogP contribution < -0.4 is 0 Å². The molecule has 0 radical (unpaired) electrons. The van der Waals surface area contributed by atoms with Crippen molar-refractivity contribution < 1.29 is 0 Å². The van der Waals surface area contributed by atoms with Gasteiger partial charge in [-0.1, -0.05) is 83.7 Å². The maximum absolute atomic E-state index is 2.40. The van der Waals surface area contributed by atoms with E-state index in [9.17, 15) is 0 Å². The highest BCUT2D eigenvalue weighted by molar-refractivity contribution is 5.24. The molecule has 0 aliphatic carbocycles. The third-order valence-electron chi connectivity index (χ3n) is 4.24. The van der Waals surface area contributed by atoms with Crippen LogP contribution in [-0.2, 0) is 5.41 Å². The van der Waals surface area contributed by atoms with Gasteiger partial charge in [0.2, 0.25) is 0 Å². The summed E-state index contributed by atoms with van der Waals surface area (Å²) in [7, 11) is 0. The number of hydrogen-bond donors (Lipinski definition) is 0. The van der Waals surface area contributed by atoms with Gasteiger partial charge in [0.1, 0.15) is 0 Å². The molecule has 1 aromatic carbocycles. The van der Waals surface area contributed by atoms with Crippen LogP contribution >= 0.6 is 0 Å². The predicted molar refractivity (Wildman–Crippen MR) is 77.4 cm³/mol. The van der Waals surface area contributed by atoms with E-state index in [4.69, 9.17) is 0 Å². The summed E-state index contributed by atoms with van der Waals surface area (Å²) in [4.78, 5) is 0. The average Bonchev–Trinajstić information content (AvgIpc) is 2.35. The molecule has 0 fully saturated rings. The van der Waals surface area contributed by atoms with Crippen LogP contribution in [0.2, 0.25) is 0 Å². The Labute approximate surface area is 107 Å². The second-order valence-corrected chi connectivity index (χ2v) is 5.84. The molecule has 0 aromatic heterocycles. The largest absolute Gasteiger partial charge is 0.0654 e. The Morgan fingerprint density at radius 3 is 2.24 bits per heavy atom. The van der Waals surface area contributed by atoms with Gasteiger partial charge >= 0.3 is 0 Å². The van der Waals surface area contributed by atoms with Crippen LogP contribution in [0.4, 0.5) is 0 Å². The zero-order valence-corrected chi connectivity index (χ0v) is 12.0. The van der Waals surface area contributed by atoms with Crippen LogP contribution in [0.1, 0.15) is 65.4 Å². The highest BCUT2D eigenvalue weighted by Gasteiger charge is 2.26. The van der Waals surface area contributed by atoms with Crippen molar-refractivity contribution in [2.75, 3.05) is 0 Å². The van der Waals surface area contributed by atoms with Crippen LogP contribution in [0, 0.1) is 5.92 Å². The minimum Gasteiger partial charge on any atom is -0.0654 e. The van der Waals surface area contributed by atoms with Gasteiger partial charge in [-0.25, -0.2) is 0 Å². The fourth-order valence-electron chi connectivity index (χ4n) is 2.39. The molecule has 1 aromatic rings. The fraction of sp³-hybridized carbons (Fsp3) is 0.647. The van der Waals surface area contributed by atoms with E-state index in [2.05, 4.69) is 58.0 Å². The lowest BCUT2D eigenvalue weighted by molar-refractivity contribution is 0.314. The molecule has 0 heteroatoms. The van der Waals surface area contributed by atoms with Crippen LogP contribution in [-0.4, -0.2) is 0 Å². The van der Waals surface area contributed by atoms with Crippen molar-refractivity contribution in [1.29, 1.82) is 0 Å². The van der Waals surface area contributed by atoms with Crippen LogP contribution in [0.5, 0.6) is 0 Å². The van der Waals surface area contributed by atoms with Gasteiger partial charge in [0, 0.05) is 0 Å². The lowest BCUT2D eigenvalue weighted by Gasteiger charge is -2.32. The first-order valence-electron chi connectivity index (χ1n) is 7.14. The van der Waals surface area contributed by atoms with Gasteiger partial charge < -0.3 is 0 Å². The first-order chi connectivity index (χ1) is 8.09. The molecule has 1 atom stereocenters. The molecule has 0 amide bonds. The van der Waals surface area contributed by atoms with Crippen molar-refractivity contribution in [3.05, 3.63) is 35.9 Å². The molecule has 0 heterocycles. The summed E-state index contributed by atoms with van der Waals surface area (Å²) in [6.07, 6.45) is 6.84. The summed E-state index contributed by atoms with van der Waals surface area (Å²) in [6.45, 7) is 9.44. The summed E-state index contributed by atoms with van der Waals surface area (Å²) < 4.78 is 0. The Balaban J connectivity index is 2.52. The molecule has 0 spiro atoms. The second kappa shape index (κ2) is 6.83. The summed E-state index contributed by atoms with van der Waals surface area (Å²) in [5.41, 5.74) is 1.77. The van der Waals surface area contributed by atoms with Crippen molar-refractivity contribution in [3.8, 4) is 0 Å². The zero-order chi connectivity index (χ0) is 12.7. The molecule has 1 unspecified atom stereocenters. The first-order valence-corrected chi connectivity index (χ1v) is 7.14. The molecule has 0 N–H and O–H groups in total. The van der Waals surface area contributed by atoms with Crippen molar-refractivity contribution in [1.82, 2.24) is 0 Å². The standard InChI is InChI=1S/C17H28/c1-5-6-7-9-12-15(2)17(3,4)16-13-10-8-11-14-16/h8,10-11,13-15H,5-7,9,12H2,1-4H3. The molecule has 0 nitrogen and oxygen atoms in total. The number of unbranched alkanes of at least 4 members (excludes halogenated alkanes) is 3. The summed E-state index contributed by atoms with van der Waals surface area (Å²) >= 11 is 0. The van der Waals surface area contributed by atoms with E-state index in [0.29, 0.717) is 5.41 Å². The van der Waals surface area contributed by atoms with E-state index in [0.717, 1.165) is 5.92 Å². The fourth-order valence-corrected chi connectivity index (χ4v) is 2.39. The predicted octanol–water partition coefficient (Wildman–Crippen LogP) is 5.57. The lowest BCUT2D eigenvalue weighted by Crippen LogP contribution is -2.26. The maximum atomic E-state index is 2.40. The maximum Gasteiger partial charge on any atom is -0.00779 e. The quantitative estimate of drug-likeness (QED) is 0.539. The number of hydrogen-bond acceptors (Lipinski definition) is 0. The summed E-state index contributed by atoms with van der Waals surface area (Å²) in [6, 6.07) is 10.9. The lowest BCUT2D eigenvalue weighted by atomic mass is 9.72. The Kier molecular flexibility index (Phi) is 5.74. The van der Waals surface area contributed by atoms with Gasteiger partial charge in [0.15, 0.2) is 0 Å². The molecular weight excluding hydrogens is 204 g/mol. The van der Waals surface area contributed by atoms with E-state index in [1.807, 2.05) is 0 Å². The monoisotopic (exact) mass is 232 g/mol. The van der Waals surface area contributed by atoms with Crippen molar-refractivity contribution in [2.24, 2.45) is 5.92 Å². The van der Waals surface area contributed by atoms with Crippen molar-refractivity contribution in [3.63, 3.8) is 0 Å². The van der Waals surface area contributed by atoms with Gasteiger partial charge in [-0.05, 0) is 23.3 Å². The Morgan fingerprint density at radius 2 is 1.65 bits per heavy atom. The second-order valence-electron chi connectivity index (χ2n) is 5.84. The van der Waals surface area contributed by atoms with E-state index in [-0.39, 0.29) is 0 Å². The molecule has 1 rings (SSSR count). The molecule has 0 bridgehead atoms. The summed E-state index contributed by atoms with van der Waals surface area (Å²) in [5, 5.41) is 0. The highest BCUT2D eigenvalue weighted by Crippen LogP contribution is 2.34. The van der Waals surface area contributed by atoms with Gasteiger partial charge in [-0.15, -0.1) is 0 Å². The Morgan fingerprint density at radius 1 is 1.00 bits per heavy atom. The van der Waals surface area contributed by atoms with Crippen LogP contribution in [0.15, 0.2) is 30.3 Å². The molecular formula is C17H28. The molecule has 0 aliphatic heterocycles.